The van der Waals surface area contributed by atoms with Crippen molar-refractivity contribution in [2.75, 3.05) is 13.1 Å². The van der Waals surface area contributed by atoms with E-state index in [1.807, 2.05) is 57.2 Å². The molecule has 0 spiro atoms. The maximum absolute atomic E-state index is 12.6. The Morgan fingerprint density at radius 3 is 2.46 bits per heavy atom. The molecule has 1 saturated heterocycles. The average Bonchev–Trinajstić information content (AvgIpc) is 3.16. The van der Waals surface area contributed by atoms with Gasteiger partial charge in [0.25, 0.3) is 0 Å². The van der Waals surface area contributed by atoms with Crippen LogP contribution in [0.1, 0.15) is 32.8 Å². The fourth-order valence-corrected chi connectivity index (χ4v) is 3.25. The highest BCUT2D eigenvalue weighted by molar-refractivity contribution is 5.96. The van der Waals surface area contributed by atoms with Gasteiger partial charge in [-0.1, -0.05) is 54.6 Å². The molecular formula is C24H27NO3. The third-order valence-electron chi connectivity index (χ3n) is 4.68. The van der Waals surface area contributed by atoms with Crippen molar-refractivity contribution in [1.82, 2.24) is 4.90 Å². The summed E-state index contributed by atoms with van der Waals surface area (Å²) < 4.78 is 5.39. The molecule has 0 aliphatic carbocycles. The van der Waals surface area contributed by atoms with Crippen molar-refractivity contribution in [3.05, 3.63) is 66.2 Å². The summed E-state index contributed by atoms with van der Waals surface area (Å²) in [6.45, 7) is 6.51. The Bertz CT molecular complexity index is 865. The summed E-state index contributed by atoms with van der Waals surface area (Å²) in [4.78, 5) is 26.3. The number of ketones is 1. The highest BCUT2D eigenvalue weighted by atomic mass is 16.6. The van der Waals surface area contributed by atoms with E-state index in [1.165, 1.54) is 0 Å². The van der Waals surface area contributed by atoms with Gasteiger partial charge in [-0.15, -0.1) is 0 Å². The minimum Gasteiger partial charge on any atom is -0.444 e. The molecule has 1 atom stereocenters. The maximum atomic E-state index is 12.6. The summed E-state index contributed by atoms with van der Waals surface area (Å²) in [6, 6.07) is 18.3. The number of hydrogen-bond donors (Lipinski definition) is 0. The van der Waals surface area contributed by atoms with E-state index in [0.29, 0.717) is 19.5 Å². The van der Waals surface area contributed by atoms with Crippen LogP contribution in [0.15, 0.2) is 60.7 Å². The van der Waals surface area contributed by atoms with Gasteiger partial charge in [0.2, 0.25) is 0 Å². The number of likely N-dealkylation sites (tertiary alicyclic amines) is 1. The van der Waals surface area contributed by atoms with E-state index in [-0.39, 0.29) is 17.8 Å². The molecule has 0 saturated carbocycles. The van der Waals surface area contributed by atoms with Gasteiger partial charge in [0.15, 0.2) is 5.78 Å². The molecule has 1 amide bonds. The number of carbonyl (C=O) groups is 2. The highest BCUT2D eigenvalue weighted by Crippen LogP contribution is 2.23. The second-order valence-electron chi connectivity index (χ2n) is 8.14. The lowest BCUT2D eigenvalue weighted by Gasteiger charge is -2.24. The maximum Gasteiger partial charge on any atom is 0.410 e. The first-order chi connectivity index (χ1) is 13.3. The monoisotopic (exact) mass is 377 g/mol. The van der Waals surface area contributed by atoms with E-state index in [0.717, 1.165) is 16.7 Å². The lowest BCUT2D eigenvalue weighted by atomic mass is 10.0. The fraction of sp³-hybridized carbons (Fsp3) is 0.333. The van der Waals surface area contributed by atoms with Crippen LogP contribution in [-0.2, 0) is 9.53 Å². The normalized spacial score (nSPS) is 17.1. The smallest absolute Gasteiger partial charge is 0.410 e. The van der Waals surface area contributed by atoms with Crippen LogP contribution in [0.2, 0.25) is 0 Å². The summed E-state index contributed by atoms with van der Waals surface area (Å²) in [6.07, 6.45) is 3.81. The molecule has 1 aliphatic heterocycles. The van der Waals surface area contributed by atoms with E-state index in [1.54, 1.807) is 11.0 Å². The van der Waals surface area contributed by atoms with Gasteiger partial charge in [-0.2, -0.15) is 0 Å². The van der Waals surface area contributed by atoms with Crippen LogP contribution in [0.4, 0.5) is 4.79 Å². The zero-order valence-corrected chi connectivity index (χ0v) is 16.7. The molecule has 0 aromatic heterocycles. The average molecular weight is 377 g/mol. The van der Waals surface area contributed by atoms with Gasteiger partial charge in [0.05, 0.1) is 0 Å². The topological polar surface area (TPSA) is 46.6 Å². The zero-order valence-electron chi connectivity index (χ0n) is 16.7. The molecule has 28 heavy (non-hydrogen) atoms. The van der Waals surface area contributed by atoms with Crippen molar-refractivity contribution in [3.63, 3.8) is 0 Å². The van der Waals surface area contributed by atoms with Gasteiger partial charge in [0, 0.05) is 19.0 Å². The lowest BCUT2D eigenvalue weighted by Crippen LogP contribution is -2.35. The number of allylic oxidation sites excluding steroid dienone is 1. The predicted octanol–water partition coefficient (Wildman–Crippen LogP) is 5.19. The molecule has 1 heterocycles. The summed E-state index contributed by atoms with van der Waals surface area (Å²) in [5.74, 6) is -0.114. The lowest BCUT2D eigenvalue weighted by molar-refractivity contribution is -0.117. The number of ether oxygens (including phenoxy) is 1. The number of carbonyl (C=O) groups excluding carboxylic acids is 2. The summed E-state index contributed by atoms with van der Waals surface area (Å²) >= 11 is 0. The molecule has 4 heteroatoms. The molecule has 0 N–H and O–H groups in total. The third kappa shape index (κ3) is 5.32. The minimum absolute atomic E-state index is 0.0520. The molecule has 0 radical (unpaired) electrons. The Kier molecular flexibility index (Phi) is 5.98. The van der Waals surface area contributed by atoms with Crippen LogP contribution < -0.4 is 0 Å². The molecule has 2 aromatic carbocycles. The van der Waals surface area contributed by atoms with Gasteiger partial charge in [-0.25, -0.2) is 4.79 Å². The third-order valence-corrected chi connectivity index (χ3v) is 4.68. The Morgan fingerprint density at radius 2 is 1.75 bits per heavy atom. The van der Waals surface area contributed by atoms with E-state index in [9.17, 15) is 9.59 Å². The Morgan fingerprint density at radius 1 is 1.04 bits per heavy atom. The molecule has 4 nitrogen and oxygen atoms in total. The molecule has 1 fully saturated rings. The number of nitrogens with zero attached hydrogens (tertiary/aromatic N) is 1. The molecule has 1 unspecified atom stereocenters. The summed E-state index contributed by atoms with van der Waals surface area (Å²) in [5, 5.41) is 0. The second kappa shape index (κ2) is 8.42. The van der Waals surface area contributed by atoms with E-state index in [4.69, 9.17) is 4.74 Å². The van der Waals surface area contributed by atoms with Crippen molar-refractivity contribution in [2.24, 2.45) is 5.92 Å². The number of rotatable bonds is 4. The molecule has 0 bridgehead atoms. The first-order valence-corrected chi connectivity index (χ1v) is 9.67. The van der Waals surface area contributed by atoms with Crippen molar-refractivity contribution < 1.29 is 14.3 Å². The Hall–Kier alpha value is -2.88. The van der Waals surface area contributed by atoms with Crippen LogP contribution in [0, 0.1) is 5.92 Å². The molecular weight excluding hydrogens is 350 g/mol. The summed E-state index contributed by atoms with van der Waals surface area (Å²) in [5.41, 5.74) is 2.72. The standard InChI is InChI=1S/C24H27NO3/c1-24(2,3)28-23(27)25-15-14-21(17-25)22(26)13-12-18-8-7-11-20(16-18)19-9-5-4-6-10-19/h4-13,16,21H,14-15,17H2,1-3H3. The van der Waals surface area contributed by atoms with Gasteiger partial charge in [0.1, 0.15) is 5.60 Å². The quantitative estimate of drug-likeness (QED) is 0.689. The van der Waals surface area contributed by atoms with E-state index >= 15 is 0 Å². The van der Waals surface area contributed by atoms with Crippen molar-refractivity contribution in [3.8, 4) is 11.1 Å². The van der Waals surface area contributed by atoms with Crippen LogP contribution in [0.25, 0.3) is 17.2 Å². The number of amides is 1. The number of benzene rings is 2. The van der Waals surface area contributed by atoms with Crippen molar-refractivity contribution in [2.45, 2.75) is 32.8 Å². The largest absolute Gasteiger partial charge is 0.444 e. The van der Waals surface area contributed by atoms with Crippen LogP contribution in [0.3, 0.4) is 0 Å². The molecule has 1 aliphatic rings. The van der Waals surface area contributed by atoms with Gasteiger partial charge in [-0.3, -0.25) is 4.79 Å². The van der Waals surface area contributed by atoms with E-state index < -0.39 is 5.60 Å². The molecule has 146 valence electrons. The molecule has 2 aromatic rings. The van der Waals surface area contributed by atoms with Crippen LogP contribution >= 0.6 is 0 Å². The Labute approximate surface area is 166 Å². The van der Waals surface area contributed by atoms with E-state index in [2.05, 4.69) is 24.3 Å². The highest BCUT2D eigenvalue weighted by Gasteiger charge is 2.32. The fourth-order valence-electron chi connectivity index (χ4n) is 3.25. The number of hydrogen-bond acceptors (Lipinski definition) is 3. The van der Waals surface area contributed by atoms with Gasteiger partial charge >= 0.3 is 6.09 Å². The first kappa shape index (κ1) is 19.9. The van der Waals surface area contributed by atoms with Gasteiger partial charge in [-0.05, 0) is 56.0 Å². The van der Waals surface area contributed by atoms with Crippen molar-refractivity contribution in [1.29, 1.82) is 0 Å². The Balaban J connectivity index is 1.61. The zero-order chi connectivity index (χ0) is 20.1. The first-order valence-electron chi connectivity index (χ1n) is 9.67. The van der Waals surface area contributed by atoms with Crippen LogP contribution in [-0.4, -0.2) is 35.5 Å². The van der Waals surface area contributed by atoms with Crippen molar-refractivity contribution >= 4 is 18.0 Å². The second-order valence-corrected chi connectivity index (χ2v) is 8.14. The van der Waals surface area contributed by atoms with Gasteiger partial charge < -0.3 is 9.64 Å². The van der Waals surface area contributed by atoms with Crippen LogP contribution in [0.5, 0.6) is 0 Å². The molecule has 3 rings (SSSR count). The SMILES string of the molecule is CC(C)(C)OC(=O)N1CCC(C(=O)C=Cc2cccc(-c3ccccc3)c2)C1. The minimum atomic E-state index is -0.525. The predicted molar refractivity (Wildman–Crippen MR) is 112 cm³/mol. The summed E-state index contributed by atoms with van der Waals surface area (Å²) in [7, 11) is 0.